The molecule has 0 bridgehead atoms. The van der Waals surface area contributed by atoms with Gasteiger partial charge in [-0.3, -0.25) is 4.79 Å². The van der Waals surface area contributed by atoms with Crippen LogP contribution < -0.4 is 5.32 Å². The van der Waals surface area contributed by atoms with Crippen molar-refractivity contribution in [3.05, 3.63) is 35.4 Å². The van der Waals surface area contributed by atoms with Crippen molar-refractivity contribution >= 4 is 5.91 Å². The number of nitrogens with zero attached hydrogens (tertiary/aromatic N) is 1. The third kappa shape index (κ3) is 3.87. The average molecular weight is 302 g/mol. The number of likely N-dealkylation sites (tertiary alicyclic amines) is 1. The Morgan fingerprint density at radius 2 is 1.95 bits per heavy atom. The largest absolute Gasteiger partial charge is 0.380 e. The summed E-state index contributed by atoms with van der Waals surface area (Å²) in [5.41, 5.74) is 1.76. The van der Waals surface area contributed by atoms with Crippen LogP contribution in [0.4, 0.5) is 0 Å². The van der Waals surface area contributed by atoms with Crippen LogP contribution in [0.25, 0.3) is 0 Å². The second kappa shape index (κ2) is 7.25. The summed E-state index contributed by atoms with van der Waals surface area (Å²) in [4.78, 5) is 14.7. The maximum Gasteiger partial charge on any atom is 0.254 e. The molecule has 4 nitrogen and oxygen atoms in total. The predicted octanol–water partition coefficient (Wildman–Crippen LogP) is 2.44. The summed E-state index contributed by atoms with van der Waals surface area (Å²) < 4.78 is 5.20. The Morgan fingerprint density at radius 3 is 2.64 bits per heavy atom. The number of ether oxygens (including phenoxy) is 1. The monoisotopic (exact) mass is 302 g/mol. The minimum absolute atomic E-state index is 0.147. The first-order valence-electron chi connectivity index (χ1n) is 8.37. The average Bonchev–Trinajstić information content (AvgIpc) is 3.38. The number of carbonyl (C=O) groups excluding carboxylic acids is 1. The van der Waals surface area contributed by atoms with Gasteiger partial charge in [0.05, 0.1) is 6.61 Å². The minimum Gasteiger partial charge on any atom is -0.380 e. The number of methoxy groups -OCH3 is 1. The molecule has 1 amide bonds. The molecular formula is C18H26N2O2. The Balaban J connectivity index is 1.54. The Labute approximate surface area is 132 Å². The summed E-state index contributed by atoms with van der Waals surface area (Å²) in [5, 5.41) is 3.66. The van der Waals surface area contributed by atoms with Crippen LogP contribution in [0, 0.1) is 5.92 Å². The molecular weight excluding hydrogens is 276 g/mol. The number of benzene rings is 1. The van der Waals surface area contributed by atoms with E-state index in [0.717, 1.165) is 49.5 Å². The molecule has 120 valence electrons. The lowest BCUT2D eigenvalue weighted by molar-refractivity contribution is 0.0700. The molecule has 1 saturated carbocycles. The molecule has 0 unspecified atom stereocenters. The molecule has 0 aromatic heterocycles. The van der Waals surface area contributed by atoms with Gasteiger partial charge in [-0.05, 0) is 49.8 Å². The van der Waals surface area contributed by atoms with E-state index in [9.17, 15) is 4.79 Å². The number of nitrogens with one attached hydrogen (secondary N) is 1. The fourth-order valence-electron chi connectivity index (χ4n) is 3.12. The van der Waals surface area contributed by atoms with Crippen LogP contribution in [-0.2, 0) is 11.3 Å². The lowest BCUT2D eigenvalue weighted by atomic mass is 10.0. The van der Waals surface area contributed by atoms with Gasteiger partial charge in [0.25, 0.3) is 5.91 Å². The van der Waals surface area contributed by atoms with E-state index in [0.29, 0.717) is 12.6 Å². The number of amides is 1. The molecule has 1 aromatic rings. The molecule has 0 atom stereocenters. The Hall–Kier alpha value is -1.39. The topological polar surface area (TPSA) is 41.6 Å². The number of carbonyl (C=O) groups is 1. The molecule has 2 fully saturated rings. The molecule has 1 aliphatic heterocycles. The van der Waals surface area contributed by atoms with Gasteiger partial charge in [-0.25, -0.2) is 0 Å². The first-order chi connectivity index (χ1) is 10.8. The van der Waals surface area contributed by atoms with Gasteiger partial charge in [0, 0.05) is 31.8 Å². The highest BCUT2D eigenvalue weighted by molar-refractivity contribution is 5.95. The van der Waals surface area contributed by atoms with E-state index in [1.807, 2.05) is 29.2 Å². The Morgan fingerprint density at radius 1 is 1.23 bits per heavy atom. The van der Waals surface area contributed by atoms with Gasteiger partial charge in [0.1, 0.15) is 0 Å². The normalized spacial score (nSPS) is 19.4. The van der Waals surface area contributed by atoms with E-state index in [1.165, 1.54) is 12.8 Å². The first-order valence-corrected chi connectivity index (χ1v) is 8.37. The van der Waals surface area contributed by atoms with Crippen LogP contribution in [-0.4, -0.2) is 43.6 Å². The number of piperidine rings is 1. The zero-order chi connectivity index (χ0) is 15.4. The van der Waals surface area contributed by atoms with E-state index in [4.69, 9.17) is 4.74 Å². The van der Waals surface area contributed by atoms with Crippen LogP contribution in [0.2, 0.25) is 0 Å². The van der Waals surface area contributed by atoms with Gasteiger partial charge in [-0.15, -0.1) is 0 Å². The molecule has 3 rings (SSSR count). The molecule has 4 heteroatoms. The molecule has 1 N–H and O–H groups in total. The van der Waals surface area contributed by atoms with Gasteiger partial charge < -0.3 is 15.0 Å². The van der Waals surface area contributed by atoms with Crippen molar-refractivity contribution < 1.29 is 9.53 Å². The molecule has 1 aromatic carbocycles. The third-order valence-electron chi connectivity index (χ3n) is 4.72. The van der Waals surface area contributed by atoms with Gasteiger partial charge in [-0.1, -0.05) is 18.2 Å². The first kappa shape index (κ1) is 15.5. The van der Waals surface area contributed by atoms with Crippen molar-refractivity contribution in [2.24, 2.45) is 5.92 Å². The van der Waals surface area contributed by atoms with Gasteiger partial charge in [0.15, 0.2) is 0 Å². The van der Waals surface area contributed by atoms with Crippen LogP contribution in [0.5, 0.6) is 0 Å². The van der Waals surface area contributed by atoms with Crippen molar-refractivity contribution in [2.75, 3.05) is 26.7 Å². The summed E-state index contributed by atoms with van der Waals surface area (Å²) >= 11 is 0. The van der Waals surface area contributed by atoms with Crippen molar-refractivity contribution in [3.8, 4) is 0 Å². The fraction of sp³-hybridized carbons (Fsp3) is 0.611. The van der Waals surface area contributed by atoms with Gasteiger partial charge in [-0.2, -0.15) is 0 Å². The fourth-order valence-corrected chi connectivity index (χ4v) is 3.12. The van der Waals surface area contributed by atoms with Crippen molar-refractivity contribution in [1.29, 1.82) is 0 Å². The summed E-state index contributed by atoms with van der Waals surface area (Å²) in [6, 6.07) is 8.35. The summed E-state index contributed by atoms with van der Waals surface area (Å²) in [7, 11) is 1.66. The van der Waals surface area contributed by atoms with E-state index in [2.05, 4.69) is 5.32 Å². The molecule has 2 aliphatic rings. The van der Waals surface area contributed by atoms with Crippen LogP contribution in [0.3, 0.4) is 0 Å². The lowest BCUT2D eigenvalue weighted by Crippen LogP contribution is -2.45. The number of hydrogen-bond donors (Lipinski definition) is 1. The van der Waals surface area contributed by atoms with Crippen LogP contribution in [0.1, 0.15) is 41.6 Å². The van der Waals surface area contributed by atoms with E-state index in [-0.39, 0.29) is 5.91 Å². The highest BCUT2D eigenvalue weighted by atomic mass is 16.5. The van der Waals surface area contributed by atoms with Crippen molar-refractivity contribution in [2.45, 2.75) is 38.3 Å². The highest BCUT2D eigenvalue weighted by Gasteiger charge is 2.27. The second-order valence-corrected chi connectivity index (χ2v) is 6.51. The molecule has 1 saturated heterocycles. The van der Waals surface area contributed by atoms with Gasteiger partial charge >= 0.3 is 0 Å². The smallest absolute Gasteiger partial charge is 0.254 e. The van der Waals surface area contributed by atoms with E-state index < -0.39 is 0 Å². The SMILES string of the molecule is COCc1ccccc1C(=O)N1CCC(NCC2CC2)CC1. The maximum atomic E-state index is 12.7. The summed E-state index contributed by atoms with van der Waals surface area (Å²) in [6.45, 7) is 3.35. The number of rotatable bonds is 6. The zero-order valence-corrected chi connectivity index (χ0v) is 13.4. The number of hydrogen-bond acceptors (Lipinski definition) is 3. The van der Waals surface area contributed by atoms with Crippen LogP contribution in [0.15, 0.2) is 24.3 Å². The Bertz CT molecular complexity index is 506. The maximum absolute atomic E-state index is 12.7. The predicted molar refractivity (Wildman–Crippen MR) is 86.8 cm³/mol. The highest BCUT2D eigenvalue weighted by Crippen LogP contribution is 2.28. The third-order valence-corrected chi connectivity index (χ3v) is 4.72. The Kier molecular flexibility index (Phi) is 5.11. The molecule has 0 spiro atoms. The molecule has 1 aliphatic carbocycles. The van der Waals surface area contributed by atoms with Gasteiger partial charge in [0.2, 0.25) is 0 Å². The van der Waals surface area contributed by atoms with Crippen LogP contribution >= 0.6 is 0 Å². The standard InChI is InChI=1S/C18H26N2O2/c1-22-13-15-4-2-3-5-17(15)18(21)20-10-8-16(9-11-20)19-12-14-6-7-14/h2-5,14,16,19H,6-13H2,1H3. The zero-order valence-electron chi connectivity index (χ0n) is 13.4. The lowest BCUT2D eigenvalue weighted by Gasteiger charge is -2.33. The van der Waals surface area contributed by atoms with E-state index >= 15 is 0 Å². The van der Waals surface area contributed by atoms with Crippen molar-refractivity contribution in [1.82, 2.24) is 10.2 Å². The summed E-state index contributed by atoms with van der Waals surface area (Å²) in [6.07, 6.45) is 4.90. The molecule has 22 heavy (non-hydrogen) atoms. The molecule has 0 radical (unpaired) electrons. The quantitative estimate of drug-likeness (QED) is 0.877. The molecule has 1 heterocycles. The van der Waals surface area contributed by atoms with E-state index in [1.54, 1.807) is 7.11 Å². The minimum atomic E-state index is 0.147. The van der Waals surface area contributed by atoms with Crippen molar-refractivity contribution in [3.63, 3.8) is 0 Å². The second-order valence-electron chi connectivity index (χ2n) is 6.51. The summed E-state index contributed by atoms with van der Waals surface area (Å²) in [5.74, 6) is 1.06.